The molecule has 168 valence electrons. The van der Waals surface area contributed by atoms with Gasteiger partial charge in [0, 0.05) is 5.56 Å². The molecule has 5 nitrogen and oxygen atoms in total. The molecule has 1 N–H and O–H groups in total. The molecular formula is C26H30N2O3S. The summed E-state index contributed by atoms with van der Waals surface area (Å²) < 4.78 is 26.6. The summed E-state index contributed by atoms with van der Waals surface area (Å²) >= 11 is 0. The maximum Gasteiger partial charge on any atom is 0.251 e. The summed E-state index contributed by atoms with van der Waals surface area (Å²) in [6, 6.07) is 22.7. The molecule has 0 fully saturated rings. The third kappa shape index (κ3) is 5.56. The fraction of sp³-hybridized carbons (Fsp3) is 0.269. The van der Waals surface area contributed by atoms with Gasteiger partial charge in [-0.15, -0.1) is 0 Å². The minimum atomic E-state index is -3.48. The van der Waals surface area contributed by atoms with Crippen LogP contribution in [-0.4, -0.2) is 20.6 Å². The minimum absolute atomic E-state index is 0.0619. The highest BCUT2D eigenvalue weighted by atomic mass is 32.2. The van der Waals surface area contributed by atoms with Gasteiger partial charge in [-0.25, -0.2) is 8.42 Å². The first-order valence-electron chi connectivity index (χ1n) is 10.7. The number of amides is 1. The van der Waals surface area contributed by atoms with E-state index in [2.05, 4.69) is 5.32 Å². The minimum Gasteiger partial charge on any atom is -0.345 e. The van der Waals surface area contributed by atoms with Crippen molar-refractivity contribution in [2.45, 2.75) is 39.8 Å². The molecule has 32 heavy (non-hydrogen) atoms. The van der Waals surface area contributed by atoms with Gasteiger partial charge in [-0.3, -0.25) is 9.10 Å². The van der Waals surface area contributed by atoms with Gasteiger partial charge in [0.2, 0.25) is 10.0 Å². The molecule has 3 aromatic rings. The van der Waals surface area contributed by atoms with E-state index >= 15 is 0 Å². The molecule has 0 aliphatic rings. The summed E-state index contributed by atoms with van der Waals surface area (Å²) in [5, 5.41) is 3.08. The number of nitrogens with zero attached hydrogens (tertiary/aromatic N) is 1. The van der Waals surface area contributed by atoms with E-state index in [0.29, 0.717) is 11.3 Å². The van der Waals surface area contributed by atoms with Gasteiger partial charge in [0.1, 0.15) is 0 Å². The fourth-order valence-corrected chi connectivity index (χ4v) is 4.84. The summed E-state index contributed by atoms with van der Waals surface area (Å²) in [6.07, 6.45) is 2.00. The molecule has 0 spiro atoms. The van der Waals surface area contributed by atoms with Gasteiger partial charge in [-0.1, -0.05) is 67.6 Å². The van der Waals surface area contributed by atoms with Gasteiger partial charge in [0.05, 0.1) is 24.5 Å². The van der Waals surface area contributed by atoms with Gasteiger partial charge < -0.3 is 5.32 Å². The van der Waals surface area contributed by atoms with Crippen molar-refractivity contribution in [1.82, 2.24) is 5.32 Å². The molecule has 0 aliphatic heterocycles. The number of aryl methyl sites for hydroxylation is 2. The van der Waals surface area contributed by atoms with Crippen LogP contribution in [-0.2, 0) is 16.6 Å². The Morgan fingerprint density at radius 3 is 2.03 bits per heavy atom. The van der Waals surface area contributed by atoms with E-state index < -0.39 is 10.0 Å². The van der Waals surface area contributed by atoms with Gasteiger partial charge in [-0.05, 0) is 54.7 Å². The molecular weight excluding hydrogens is 420 g/mol. The van der Waals surface area contributed by atoms with Crippen LogP contribution in [0.4, 0.5) is 5.69 Å². The van der Waals surface area contributed by atoms with E-state index in [4.69, 9.17) is 0 Å². The van der Waals surface area contributed by atoms with Crippen LogP contribution in [0.1, 0.15) is 52.0 Å². The molecule has 1 unspecified atom stereocenters. The zero-order valence-electron chi connectivity index (χ0n) is 19.0. The van der Waals surface area contributed by atoms with Crippen molar-refractivity contribution in [3.8, 4) is 0 Å². The average Bonchev–Trinajstić information content (AvgIpc) is 2.77. The molecule has 1 amide bonds. The summed E-state index contributed by atoms with van der Waals surface area (Å²) in [5.41, 5.74) is 4.92. The van der Waals surface area contributed by atoms with E-state index in [0.717, 1.165) is 28.7 Å². The third-order valence-corrected chi connectivity index (χ3v) is 6.66. The zero-order valence-corrected chi connectivity index (χ0v) is 19.8. The average molecular weight is 451 g/mol. The van der Waals surface area contributed by atoms with Gasteiger partial charge in [0.15, 0.2) is 0 Å². The SMILES string of the molecule is CCC(NC(=O)c1ccc(CN(c2c(C)cccc2C)S(C)(=O)=O)cc1)c1ccccc1. The standard InChI is InChI=1S/C26H30N2O3S/c1-5-24(22-12-7-6-8-13-22)27-26(29)23-16-14-21(15-17-23)18-28(32(4,30)31)25-19(2)10-9-11-20(25)3/h6-17,24H,5,18H2,1-4H3,(H,27,29). The predicted octanol–water partition coefficient (Wildman–Crippen LogP) is 5.15. The van der Waals surface area contributed by atoms with Crippen molar-refractivity contribution < 1.29 is 13.2 Å². The topological polar surface area (TPSA) is 66.5 Å². The van der Waals surface area contributed by atoms with Crippen LogP contribution >= 0.6 is 0 Å². The summed E-state index contributed by atoms with van der Waals surface area (Å²) in [7, 11) is -3.48. The first kappa shape index (κ1) is 23.5. The van der Waals surface area contributed by atoms with E-state index in [1.165, 1.54) is 10.6 Å². The summed E-state index contributed by atoms with van der Waals surface area (Å²) in [6.45, 7) is 6.05. The molecule has 1 atom stereocenters. The number of carbonyl (C=O) groups is 1. The Morgan fingerprint density at radius 2 is 1.50 bits per heavy atom. The molecule has 0 aliphatic carbocycles. The second-order valence-corrected chi connectivity index (χ2v) is 9.96. The smallest absolute Gasteiger partial charge is 0.251 e. The third-order valence-electron chi connectivity index (χ3n) is 5.55. The van der Waals surface area contributed by atoms with E-state index in [9.17, 15) is 13.2 Å². The molecule has 0 saturated carbocycles. The zero-order chi connectivity index (χ0) is 23.3. The van der Waals surface area contributed by atoms with Crippen LogP contribution in [0.3, 0.4) is 0 Å². The van der Waals surface area contributed by atoms with E-state index in [-0.39, 0.29) is 18.5 Å². The van der Waals surface area contributed by atoms with Gasteiger partial charge in [-0.2, -0.15) is 0 Å². The first-order chi connectivity index (χ1) is 15.2. The maximum atomic E-state index is 12.8. The number of hydrogen-bond acceptors (Lipinski definition) is 3. The molecule has 0 heterocycles. The van der Waals surface area contributed by atoms with Crippen molar-refractivity contribution in [1.29, 1.82) is 0 Å². The summed E-state index contributed by atoms with van der Waals surface area (Å²) in [5.74, 6) is -0.151. The molecule has 0 saturated heterocycles. The summed E-state index contributed by atoms with van der Waals surface area (Å²) in [4.78, 5) is 12.8. The largest absolute Gasteiger partial charge is 0.345 e. The molecule has 0 radical (unpaired) electrons. The van der Waals surface area contributed by atoms with Crippen LogP contribution in [0.25, 0.3) is 0 Å². The van der Waals surface area contributed by atoms with Crippen molar-refractivity contribution in [3.05, 3.63) is 101 Å². The number of nitrogens with one attached hydrogen (secondary N) is 1. The second kappa shape index (κ2) is 10.0. The number of hydrogen-bond donors (Lipinski definition) is 1. The highest BCUT2D eigenvalue weighted by Crippen LogP contribution is 2.28. The number of carbonyl (C=O) groups excluding carboxylic acids is 1. The fourth-order valence-electron chi connectivity index (χ4n) is 3.84. The Labute approximate surface area is 191 Å². The van der Waals surface area contributed by atoms with Gasteiger partial charge >= 0.3 is 0 Å². The molecule has 0 aromatic heterocycles. The van der Waals surface area contributed by atoms with Crippen LogP contribution in [0.2, 0.25) is 0 Å². The van der Waals surface area contributed by atoms with Crippen molar-refractivity contribution in [2.75, 3.05) is 10.6 Å². The van der Waals surface area contributed by atoms with E-state index in [1.54, 1.807) is 12.1 Å². The number of benzene rings is 3. The Morgan fingerprint density at radius 1 is 0.906 bits per heavy atom. The Balaban J connectivity index is 1.79. The second-order valence-electron chi connectivity index (χ2n) is 8.05. The Hall–Kier alpha value is -3.12. The van der Waals surface area contributed by atoms with Crippen LogP contribution in [0.15, 0.2) is 72.8 Å². The van der Waals surface area contributed by atoms with E-state index in [1.807, 2.05) is 81.4 Å². The number of para-hydroxylation sites is 1. The number of sulfonamides is 1. The maximum absolute atomic E-state index is 12.8. The first-order valence-corrected chi connectivity index (χ1v) is 12.5. The highest BCUT2D eigenvalue weighted by Gasteiger charge is 2.22. The highest BCUT2D eigenvalue weighted by molar-refractivity contribution is 7.92. The molecule has 0 bridgehead atoms. The molecule has 3 rings (SSSR count). The Bertz CT molecular complexity index is 1150. The van der Waals surface area contributed by atoms with Crippen molar-refractivity contribution >= 4 is 21.6 Å². The normalized spacial score (nSPS) is 12.2. The van der Waals surface area contributed by atoms with Crippen LogP contribution in [0, 0.1) is 13.8 Å². The lowest BCUT2D eigenvalue weighted by Gasteiger charge is -2.26. The van der Waals surface area contributed by atoms with Crippen molar-refractivity contribution in [3.63, 3.8) is 0 Å². The number of rotatable bonds is 8. The Kier molecular flexibility index (Phi) is 7.36. The predicted molar refractivity (Wildman–Crippen MR) is 130 cm³/mol. The number of anilines is 1. The van der Waals surface area contributed by atoms with Crippen LogP contribution in [0.5, 0.6) is 0 Å². The van der Waals surface area contributed by atoms with Gasteiger partial charge in [0.25, 0.3) is 5.91 Å². The lowest BCUT2D eigenvalue weighted by molar-refractivity contribution is 0.0935. The lowest BCUT2D eigenvalue weighted by Crippen LogP contribution is -2.31. The molecule has 3 aromatic carbocycles. The lowest BCUT2D eigenvalue weighted by atomic mass is 10.0. The monoisotopic (exact) mass is 450 g/mol. The molecule has 6 heteroatoms. The van der Waals surface area contributed by atoms with Crippen LogP contribution < -0.4 is 9.62 Å². The quantitative estimate of drug-likeness (QED) is 0.516. The van der Waals surface area contributed by atoms with Crippen molar-refractivity contribution in [2.24, 2.45) is 0 Å².